The molecule has 2 fully saturated rings. The summed E-state index contributed by atoms with van der Waals surface area (Å²) in [6.45, 7) is 1.54. The van der Waals surface area contributed by atoms with E-state index < -0.39 is 65.4 Å². The maximum atomic E-state index is 15.1. The summed E-state index contributed by atoms with van der Waals surface area (Å²) in [5.74, 6) is -3.71. The number of hydrogen-bond acceptors (Lipinski definition) is 7. The van der Waals surface area contributed by atoms with Crippen molar-refractivity contribution in [1.29, 1.82) is 0 Å². The summed E-state index contributed by atoms with van der Waals surface area (Å²) in [7, 11) is 0. The molecular weight excluding hydrogens is 690 g/mol. The zero-order valence-electron chi connectivity index (χ0n) is 27.0. The first-order valence-corrected chi connectivity index (χ1v) is 17.5. The van der Waals surface area contributed by atoms with E-state index in [1.807, 2.05) is 91.9 Å². The fourth-order valence-electron chi connectivity index (χ4n) is 7.78. The van der Waals surface area contributed by atoms with Crippen molar-refractivity contribution in [3.63, 3.8) is 0 Å². The molecule has 11 heteroatoms. The molecular formula is C38H38BrN3O7. The van der Waals surface area contributed by atoms with Crippen LogP contribution in [0.4, 0.5) is 5.69 Å². The van der Waals surface area contributed by atoms with E-state index in [4.69, 9.17) is 9.47 Å². The number of amides is 3. The molecule has 0 aliphatic carbocycles. The normalized spacial score (nSPS) is 30.2. The number of halogens is 1. The Morgan fingerprint density at radius 3 is 2.49 bits per heavy atom. The van der Waals surface area contributed by atoms with Gasteiger partial charge in [-0.25, -0.2) is 0 Å². The van der Waals surface area contributed by atoms with Crippen LogP contribution in [-0.2, 0) is 28.7 Å². The molecule has 0 unspecified atom stereocenters. The molecule has 4 heterocycles. The Labute approximate surface area is 292 Å². The first-order chi connectivity index (χ1) is 23.8. The second kappa shape index (κ2) is 13.5. The summed E-state index contributed by atoms with van der Waals surface area (Å²) in [6.07, 6.45) is 5.52. The van der Waals surface area contributed by atoms with Gasteiger partial charge in [-0.2, -0.15) is 0 Å². The van der Waals surface area contributed by atoms with Gasteiger partial charge in [0.2, 0.25) is 11.8 Å². The number of carbonyl (C=O) groups is 4. The summed E-state index contributed by atoms with van der Waals surface area (Å²) in [6, 6.07) is 20.2. The Kier molecular flexibility index (Phi) is 9.17. The van der Waals surface area contributed by atoms with Crippen molar-refractivity contribution in [3.05, 3.63) is 101 Å². The van der Waals surface area contributed by atoms with Gasteiger partial charge in [-0.3, -0.25) is 19.2 Å². The maximum absolute atomic E-state index is 15.1. The molecule has 0 saturated carbocycles. The number of aliphatic hydroxyl groups is 1. The van der Waals surface area contributed by atoms with E-state index in [-0.39, 0.29) is 26.2 Å². The number of allylic oxidation sites excluding steroid dienone is 1. The lowest BCUT2D eigenvalue weighted by Gasteiger charge is -2.38. The molecule has 4 aliphatic rings. The van der Waals surface area contributed by atoms with Crippen LogP contribution in [-0.4, -0.2) is 77.2 Å². The molecule has 3 aromatic carbocycles. The van der Waals surface area contributed by atoms with Crippen LogP contribution < -0.4 is 10.2 Å². The third-order valence-electron chi connectivity index (χ3n) is 10.2. The van der Waals surface area contributed by atoms with Crippen LogP contribution in [0.25, 0.3) is 10.8 Å². The number of fused-ring (bicyclic) bond motifs is 3. The Morgan fingerprint density at radius 2 is 1.73 bits per heavy atom. The second-order valence-electron chi connectivity index (χ2n) is 13.0. The number of benzene rings is 3. The summed E-state index contributed by atoms with van der Waals surface area (Å²) < 4.78 is 12.9. The quantitative estimate of drug-likeness (QED) is 0.292. The third kappa shape index (κ3) is 5.77. The number of carbonyl (C=O) groups excluding carboxylic acids is 4. The Balaban J connectivity index is 1.36. The van der Waals surface area contributed by atoms with Gasteiger partial charge in [0.25, 0.3) is 5.91 Å². The zero-order chi connectivity index (χ0) is 34.3. The van der Waals surface area contributed by atoms with Gasteiger partial charge in [0.15, 0.2) is 0 Å². The molecule has 7 rings (SSSR count). The number of rotatable bonds is 5. The molecule has 3 aromatic rings. The van der Waals surface area contributed by atoms with Gasteiger partial charge in [-0.1, -0.05) is 95.7 Å². The summed E-state index contributed by atoms with van der Waals surface area (Å²) in [4.78, 5) is 60.0. The Morgan fingerprint density at radius 1 is 0.980 bits per heavy atom. The molecule has 1 spiro atoms. The number of esters is 1. The zero-order valence-corrected chi connectivity index (χ0v) is 28.6. The molecule has 4 aliphatic heterocycles. The Bertz CT molecular complexity index is 1840. The van der Waals surface area contributed by atoms with Gasteiger partial charge in [-0.05, 0) is 47.4 Å². The molecule has 2 saturated heterocycles. The number of nitrogens with one attached hydrogen (secondary N) is 1. The van der Waals surface area contributed by atoms with Gasteiger partial charge in [-0.15, -0.1) is 0 Å². The minimum Gasteiger partial charge on any atom is -0.463 e. The lowest BCUT2D eigenvalue weighted by atomic mass is 9.74. The lowest BCUT2D eigenvalue weighted by molar-refractivity contribution is -0.146. The lowest BCUT2D eigenvalue weighted by Crippen LogP contribution is -2.58. The number of cyclic esters (lactones) is 1. The van der Waals surface area contributed by atoms with Crippen molar-refractivity contribution in [1.82, 2.24) is 10.2 Å². The first kappa shape index (κ1) is 33.2. The van der Waals surface area contributed by atoms with E-state index in [9.17, 15) is 19.5 Å². The molecule has 254 valence electrons. The smallest absolute Gasteiger partial charge is 0.306 e. The average molecular weight is 729 g/mol. The highest BCUT2D eigenvalue weighted by molar-refractivity contribution is 9.11. The van der Waals surface area contributed by atoms with Gasteiger partial charge >= 0.3 is 5.97 Å². The van der Waals surface area contributed by atoms with Gasteiger partial charge in [0.1, 0.15) is 24.4 Å². The molecule has 49 heavy (non-hydrogen) atoms. The largest absolute Gasteiger partial charge is 0.463 e. The highest BCUT2D eigenvalue weighted by Crippen LogP contribution is 2.59. The minimum atomic E-state index is -1.47. The number of ether oxygens (including phenoxy) is 2. The van der Waals surface area contributed by atoms with Crippen LogP contribution >= 0.6 is 15.9 Å². The van der Waals surface area contributed by atoms with Crippen molar-refractivity contribution in [2.75, 3.05) is 24.7 Å². The van der Waals surface area contributed by atoms with Crippen LogP contribution in [0.3, 0.4) is 0 Å². The van der Waals surface area contributed by atoms with Crippen molar-refractivity contribution >= 4 is 56.1 Å². The van der Waals surface area contributed by atoms with E-state index in [2.05, 4.69) is 21.2 Å². The van der Waals surface area contributed by atoms with E-state index >= 15 is 4.79 Å². The van der Waals surface area contributed by atoms with Gasteiger partial charge < -0.3 is 29.7 Å². The van der Waals surface area contributed by atoms with E-state index in [0.717, 1.165) is 16.3 Å². The van der Waals surface area contributed by atoms with Crippen LogP contribution in [0.1, 0.15) is 37.8 Å². The van der Waals surface area contributed by atoms with Crippen molar-refractivity contribution in [2.24, 2.45) is 11.8 Å². The fourth-order valence-corrected chi connectivity index (χ4v) is 8.51. The molecule has 5 bridgehead atoms. The summed E-state index contributed by atoms with van der Waals surface area (Å²) in [5.41, 5.74) is -0.116. The highest BCUT2D eigenvalue weighted by atomic mass is 79.9. The molecule has 3 amide bonds. The maximum Gasteiger partial charge on any atom is 0.306 e. The Hall–Kier alpha value is -4.32. The number of hydrogen-bond donors (Lipinski definition) is 2. The number of anilines is 1. The van der Waals surface area contributed by atoms with Crippen molar-refractivity contribution in [3.8, 4) is 0 Å². The standard InChI is InChI=1S/C38H38BrN3O7/c1-2-26(21-43)42-34-37(47)41(27-17-16-23-11-8-9-14-25(23)19-27)18-10-4-7-15-30(44)48-22-29(24-12-5-3-6-13-24)40-35(45)31-32(36(42)46)38(34)20-28(39)33(31)49-38/h3-6,8-14,16-17,19-20,26,29,31-34,43H,2,7,15,18,21-22H2,1H3,(H,40,45)/b10-4-/t26-,29-,31-,32+,33-,34-,38+/m0/s1. The van der Waals surface area contributed by atoms with Crippen molar-refractivity contribution in [2.45, 2.75) is 56.0 Å². The number of nitrogens with zero attached hydrogens (tertiary/aromatic N) is 2. The molecule has 10 nitrogen and oxygen atoms in total. The van der Waals surface area contributed by atoms with E-state index in [1.54, 1.807) is 11.0 Å². The number of likely N-dealkylation sites (tertiary alicyclic amines) is 1. The summed E-state index contributed by atoms with van der Waals surface area (Å²) in [5, 5.41) is 15.5. The van der Waals surface area contributed by atoms with Crippen molar-refractivity contribution < 1.29 is 33.8 Å². The third-order valence-corrected chi connectivity index (χ3v) is 10.9. The summed E-state index contributed by atoms with van der Waals surface area (Å²) >= 11 is 3.61. The number of aliphatic hydroxyl groups excluding tert-OH is 1. The SMILES string of the molecule is CC[C@@H](CO)N1C(=O)[C@H]2[C@@H]3C(=O)N[C@H](c4ccccc4)COC(=O)CC/C=C\CN(c4ccc5ccccc5c4)C(=O)[C@H]1[C@@]21C=C(Br)[C@@H]3O1. The van der Waals surface area contributed by atoms with Crippen LogP contribution in [0, 0.1) is 11.8 Å². The second-order valence-corrected chi connectivity index (χ2v) is 13.9. The van der Waals surface area contributed by atoms with Crippen LogP contribution in [0.15, 0.2) is 95.5 Å². The van der Waals surface area contributed by atoms with Crippen LogP contribution in [0.5, 0.6) is 0 Å². The average Bonchev–Trinajstić information content (AvgIpc) is 3.71. The van der Waals surface area contributed by atoms with E-state index in [0.29, 0.717) is 23.0 Å². The van der Waals surface area contributed by atoms with Gasteiger partial charge in [0, 0.05) is 23.1 Å². The molecule has 2 N–H and O–H groups in total. The predicted molar refractivity (Wildman–Crippen MR) is 186 cm³/mol. The molecule has 7 atom stereocenters. The van der Waals surface area contributed by atoms with E-state index in [1.165, 1.54) is 4.90 Å². The molecule has 0 aromatic heterocycles. The fraction of sp³-hybridized carbons (Fsp3) is 0.368. The minimum absolute atomic E-state index is 0.0945. The first-order valence-electron chi connectivity index (χ1n) is 16.7. The van der Waals surface area contributed by atoms with Gasteiger partial charge in [0.05, 0.1) is 30.5 Å². The molecule has 0 radical (unpaired) electrons. The topological polar surface area (TPSA) is 125 Å². The highest BCUT2D eigenvalue weighted by Gasteiger charge is 2.75. The monoisotopic (exact) mass is 727 g/mol. The van der Waals surface area contributed by atoms with Crippen LogP contribution in [0.2, 0.25) is 0 Å². The predicted octanol–water partition coefficient (Wildman–Crippen LogP) is 4.57.